The molecule has 2 rings (SSSR count). The summed E-state index contributed by atoms with van der Waals surface area (Å²) < 4.78 is 5.43. The molecule has 16 heavy (non-hydrogen) atoms. The van der Waals surface area contributed by atoms with Crippen molar-refractivity contribution in [1.82, 2.24) is 9.88 Å². The fourth-order valence-corrected chi connectivity index (χ4v) is 2.01. The van der Waals surface area contributed by atoms with Crippen molar-refractivity contribution in [3.63, 3.8) is 0 Å². The number of ether oxygens (including phenoxy) is 1. The molecule has 1 aromatic rings. The average molecular weight is 222 g/mol. The van der Waals surface area contributed by atoms with E-state index in [0.29, 0.717) is 12.6 Å². The number of aliphatic hydroxyl groups excluding tert-OH is 1. The highest BCUT2D eigenvalue weighted by atomic mass is 16.5. The first-order chi connectivity index (χ1) is 7.90. The van der Waals surface area contributed by atoms with Crippen molar-refractivity contribution in [2.75, 3.05) is 26.4 Å². The second-order valence-electron chi connectivity index (χ2n) is 4.03. The van der Waals surface area contributed by atoms with Gasteiger partial charge >= 0.3 is 0 Å². The quantitative estimate of drug-likeness (QED) is 0.813. The summed E-state index contributed by atoms with van der Waals surface area (Å²) in [7, 11) is 0. The van der Waals surface area contributed by atoms with Gasteiger partial charge in [0.05, 0.1) is 18.9 Å². The van der Waals surface area contributed by atoms with E-state index in [0.717, 1.165) is 31.8 Å². The van der Waals surface area contributed by atoms with Crippen LogP contribution in [-0.4, -0.2) is 47.4 Å². The maximum atomic E-state index is 9.00. The van der Waals surface area contributed by atoms with Gasteiger partial charge in [0.25, 0.3) is 0 Å². The zero-order chi connectivity index (χ0) is 11.2. The highest BCUT2D eigenvalue weighted by Crippen LogP contribution is 2.13. The minimum Gasteiger partial charge on any atom is -0.396 e. The Hall–Kier alpha value is -0.970. The summed E-state index contributed by atoms with van der Waals surface area (Å²) in [6.07, 6.45) is 2.59. The van der Waals surface area contributed by atoms with Gasteiger partial charge in [0.2, 0.25) is 0 Å². The summed E-state index contributed by atoms with van der Waals surface area (Å²) in [5.41, 5.74) is 1.08. The van der Waals surface area contributed by atoms with E-state index in [9.17, 15) is 0 Å². The summed E-state index contributed by atoms with van der Waals surface area (Å²) in [6, 6.07) is 6.28. The number of rotatable bonds is 4. The van der Waals surface area contributed by atoms with Crippen molar-refractivity contribution in [3.8, 4) is 0 Å². The van der Waals surface area contributed by atoms with E-state index >= 15 is 0 Å². The highest BCUT2D eigenvalue weighted by Gasteiger charge is 2.22. The SMILES string of the molecule is OCCC1COCCN1Cc1ccccn1. The van der Waals surface area contributed by atoms with Gasteiger partial charge < -0.3 is 9.84 Å². The minimum atomic E-state index is 0.215. The number of hydrogen-bond acceptors (Lipinski definition) is 4. The van der Waals surface area contributed by atoms with Crippen molar-refractivity contribution in [3.05, 3.63) is 30.1 Å². The number of nitrogens with zero attached hydrogens (tertiary/aromatic N) is 2. The van der Waals surface area contributed by atoms with E-state index in [1.54, 1.807) is 0 Å². The Balaban J connectivity index is 1.96. The van der Waals surface area contributed by atoms with Crippen LogP contribution in [0, 0.1) is 0 Å². The van der Waals surface area contributed by atoms with Gasteiger partial charge in [-0.1, -0.05) is 6.07 Å². The first-order valence-electron chi connectivity index (χ1n) is 5.72. The summed E-state index contributed by atoms with van der Waals surface area (Å²) in [6.45, 7) is 3.46. The number of pyridine rings is 1. The zero-order valence-corrected chi connectivity index (χ0v) is 9.38. The Bertz CT molecular complexity index is 303. The summed E-state index contributed by atoms with van der Waals surface area (Å²) >= 11 is 0. The average Bonchev–Trinajstić information content (AvgIpc) is 2.33. The van der Waals surface area contributed by atoms with E-state index in [4.69, 9.17) is 9.84 Å². The normalized spacial score (nSPS) is 22.2. The molecule has 0 aromatic carbocycles. The molecule has 1 N–H and O–H groups in total. The second kappa shape index (κ2) is 5.94. The number of morpholine rings is 1. The van der Waals surface area contributed by atoms with Crippen LogP contribution >= 0.6 is 0 Å². The van der Waals surface area contributed by atoms with Gasteiger partial charge in [-0.2, -0.15) is 0 Å². The highest BCUT2D eigenvalue weighted by molar-refractivity contribution is 5.03. The zero-order valence-electron chi connectivity index (χ0n) is 9.38. The van der Waals surface area contributed by atoms with Gasteiger partial charge in [-0.3, -0.25) is 9.88 Å². The molecule has 0 amide bonds. The molecule has 1 fully saturated rings. The van der Waals surface area contributed by atoms with Crippen LogP contribution in [0.4, 0.5) is 0 Å². The monoisotopic (exact) mass is 222 g/mol. The van der Waals surface area contributed by atoms with Crippen LogP contribution in [0.25, 0.3) is 0 Å². The van der Waals surface area contributed by atoms with Crippen molar-refractivity contribution in [1.29, 1.82) is 0 Å². The summed E-state index contributed by atoms with van der Waals surface area (Å²) in [5.74, 6) is 0. The van der Waals surface area contributed by atoms with Crippen LogP contribution < -0.4 is 0 Å². The molecule has 4 heteroatoms. The lowest BCUT2D eigenvalue weighted by Gasteiger charge is -2.35. The molecule has 4 nitrogen and oxygen atoms in total. The van der Waals surface area contributed by atoms with Crippen LogP contribution in [0.1, 0.15) is 12.1 Å². The number of hydrogen-bond donors (Lipinski definition) is 1. The summed E-state index contributed by atoms with van der Waals surface area (Å²) in [4.78, 5) is 6.66. The van der Waals surface area contributed by atoms with E-state index in [1.165, 1.54) is 0 Å². The van der Waals surface area contributed by atoms with E-state index in [2.05, 4.69) is 9.88 Å². The molecule has 1 aromatic heterocycles. The van der Waals surface area contributed by atoms with Crippen LogP contribution in [0.2, 0.25) is 0 Å². The lowest BCUT2D eigenvalue weighted by Crippen LogP contribution is -2.45. The van der Waals surface area contributed by atoms with Crippen LogP contribution in [0.3, 0.4) is 0 Å². The van der Waals surface area contributed by atoms with Crippen molar-refractivity contribution in [2.45, 2.75) is 19.0 Å². The molecule has 0 saturated carbocycles. The third kappa shape index (κ3) is 3.01. The molecule has 0 radical (unpaired) electrons. The van der Waals surface area contributed by atoms with Crippen LogP contribution in [-0.2, 0) is 11.3 Å². The third-order valence-electron chi connectivity index (χ3n) is 2.90. The Labute approximate surface area is 95.9 Å². The Morgan fingerprint density at radius 2 is 2.44 bits per heavy atom. The fourth-order valence-electron chi connectivity index (χ4n) is 2.01. The van der Waals surface area contributed by atoms with E-state index in [-0.39, 0.29) is 6.61 Å². The van der Waals surface area contributed by atoms with Crippen molar-refractivity contribution < 1.29 is 9.84 Å². The maximum Gasteiger partial charge on any atom is 0.0623 e. The van der Waals surface area contributed by atoms with Gasteiger partial charge in [-0.05, 0) is 18.6 Å². The topological polar surface area (TPSA) is 45.6 Å². The van der Waals surface area contributed by atoms with Gasteiger partial charge in [-0.15, -0.1) is 0 Å². The Morgan fingerprint density at radius 3 is 3.19 bits per heavy atom. The molecule has 2 heterocycles. The fraction of sp³-hybridized carbons (Fsp3) is 0.583. The molecule has 0 bridgehead atoms. The molecule has 88 valence electrons. The standard InChI is InChI=1S/C12H18N2O2/c15-7-4-12-10-16-8-6-14(12)9-11-3-1-2-5-13-11/h1-3,5,12,15H,4,6-10H2. The molecule has 0 spiro atoms. The van der Waals surface area contributed by atoms with E-state index < -0.39 is 0 Å². The van der Waals surface area contributed by atoms with Crippen LogP contribution in [0.5, 0.6) is 0 Å². The molecule has 1 aliphatic heterocycles. The predicted octanol–water partition coefficient (Wildman–Crippen LogP) is 0.665. The third-order valence-corrected chi connectivity index (χ3v) is 2.90. The van der Waals surface area contributed by atoms with Gasteiger partial charge in [0.15, 0.2) is 0 Å². The van der Waals surface area contributed by atoms with Gasteiger partial charge in [-0.25, -0.2) is 0 Å². The lowest BCUT2D eigenvalue weighted by atomic mass is 10.1. The van der Waals surface area contributed by atoms with Crippen LogP contribution in [0.15, 0.2) is 24.4 Å². The molecule has 1 saturated heterocycles. The molecule has 0 aliphatic carbocycles. The molecule has 1 aliphatic rings. The minimum absolute atomic E-state index is 0.215. The van der Waals surface area contributed by atoms with E-state index in [1.807, 2.05) is 24.4 Å². The smallest absolute Gasteiger partial charge is 0.0623 e. The van der Waals surface area contributed by atoms with Crippen molar-refractivity contribution in [2.24, 2.45) is 0 Å². The Kier molecular flexibility index (Phi) is 4.27. The first kappa shape index (κ1) is 11.5. The lowest BCUT2D eigenvalue weighted by molar-refractivity contribution is -0.0200. The van der Waals surface area contributed by atoms with Crippen molar-refractivity contribution >= 4 is 0 Å². The number of aliphatic hydroxyl groups is 1. The molecule has 1 unspecified atom stereocenters. The first-order valence-corrected chi connectivity index (χ1v) is 5.72. The summed E-state index contributed by atoms with van der Waals surface area (Å²) in [5, 5.41) is 9.00. The largest absolute Gasteiger partial charge is 0.396 e. The predicted molar refractivity (Wildman–Crippen MR) is 61.0 cm³/mol. The molecular formula is C12H18N2O2. The maximum absolute atomic E-state index is 9.00. The van der Waals surface area contributed by atoms with Gasteiger partial charge in [0, 0.05) is 31.9 Å². The molecular weight excluding hydrogens is 204 g/mol. The Morgan fingerprint density at radius 1 is 1.50 bits per heavy atom. The van der Waals surface area contributed by atoms with Gasteiger partial charge in [0.1, 0.15) is 0 Å². The second-order valence-corrected chi connectivity index (χ2v) is 4.03. The number of aromatic nitrogens is 1. The molecule has 1 atom stereocenters.